The molecule has 0 heterocycles. The summed E-state index contributed by atoms with van der Waals surface area (Å²) in [5.74, 6) is 0.658. The van der Waals surface area contributed by atoms with Crippen LogP contribution in [-0.2, 0) is 6.42 Å². The number of rotatable bonds is 4. The molecule has 3 nitrogen and oxygen atoms in total. The van der Waals surface area contributed by atoms with Gasteiger partial charge in [-0.25, -0.2) is 4.79 Å². The largest absolute Gasteiger partial charge is 0.412 e. The van der Waals surface area contributed by atoms with E-state index in [9.17, 15) is 4.79 Å². The van der Waals surface area contributed by atoms with Crippen LogP contribution in [-0.4, -0.2) is 13.1 Å². The van der Waals surface area contributed by atoms with Crippen molar-refractivity contribution in [1.82, 2.24) is 5.32 Å². The predicted molar refractivity (Wildman–Crippen MR) is 60.1 cm³/mol. The highest BCUT2D eigenvalue weighted by Gasteiger charge is 2.06. The zero-order chi connectivity index (χ0) is 11.1. The van der Waals surface area contributed by atoms with Crippen LogP contribution in [0.4, 0.5) is 4.79 Å². The van der Waals surface area contributed by atoms with Gasteiger partial charge in [0.1, 0.15) is 5.75 Å². The van der Waals surface area contributed by atoms with E-state index in [0.717, 1.165) is 24.8 Å². The second-order valence-electron chi connectivity index (χ2n) is 3.35. The van der Waals surface area contributed by atoms with E-state index in [0.29, 0.717) is 5.75 Å². The summed E-state index contributed by atoms with van der Waals surface area (Å²) >= 11 is 0. The zero-order valence-electron chi connectivity index (χ0n) is 9.25. The Morgan fingerprint density at radius 1 is 1.40 bits per heavy atom. The van der Waals surface area contributed by atoms with Crippen molar-refractivity contribution in [2.24, 2.45) is 0 Å². The van der Waals surface area contributed by atoms with Gasteiger partial charge in [-0.1, -0.05) is 31.5 Å². The number of ether oxygens (including phenoxy) is 1. The Morgan fingerprint density at radius 2 is 2.13 bits per heavy atom. The highest BCUT2D eigenvalue weighted by atomic mass is 16.6. The summed E-state index contributed by atoms with van der Waals surface area (Å²) in [6.07, 6.45) is 2.77. The summed E-state index contributed by atoms with van der Waals surface area (Å²) in [5, 5.41) is 2.44. The van der Waals surface area contributed by atoms with Crippen molar-refractivity contribution < 1.29 is 9.53 Å². The fourth-order valence-corrected chi connectivity index (χ4v) is 1.33. The number of unbranched alkanes of at least 4 members (excludes halogenated alkanes) is 1. The van der Waals surface area contributed by atoms with Gasteiger partial charge in [0.15, 0.2) is 0 Å². The van der Waals surface area contributed by atoms with Crippen LogP contribution in [0.25, 0.3) is 0 Å². The van der Waals surface area contributed by atoms with E-state index in [1.165, 1.54) is 0 Å². The molecular formula is C12H17NO2. The van der Waals surface area contributed by atoms with Crippen LogP contribution >= 0.6 is 0 Å². The number of aryl methyl sites for hydroxylation is 1. The van der Waals surface area contributed by atoms with Gasteiger partial charge < -0.3 is 10.1 Å². The van der Waals surface area contributed by atoms with Crippen molar-refractivity contribution in [2.75, 3.05) is 7.05 Å². The van der Waals surface area contributed by atoms with Gasteiger partial charge in [0.2, 0.25) is 0 Å². The first-order chi connectivity index (χ1) is 7.27. The lowest BCUT2D eigenvalue weighted by Gasteiger charge is -2.08. The van der Waals surface area contributed by atoms with Crippen LogP contribution in [0.2, 0.25) is 0 Å². The Hall–Kier alpha value is -1.51. The Kier molecular flexibility index (Phi) is 4.68. The van der Waals surface area contributed by atoms with Crippen LogP contribution in [0.1, 0.15) is 25.3 Å². The molecule has 0 spiro atoms. The molecule has 0 saturated heterocycles. The van der Waals surface area contributed by atoms with E-state index in [4.69, 9.17) is 4.74 Å². The number of benzene rings is 1. The Labute approximate surface area is 90.4 Å². The van der Waals surface area contributed by atoms with Gasteiger partial charge in [-0.05, 0) is 24.5 Å². The smallest absolute Gasteiger partial charge is 0.410 e. The maximum absolute atomic E-state index is 11.1. The molecule has 0 aliphatic heterocycles. The molecule has 0 radical (unpaired) electrons. The van der Waals surface area contributed by atoms with Crippen LogP contribution < -0.4 is 10.1 Å². The number of nitrogens with one attached hydrogen (secondary N) is 1. The Balaban J connectivity index is 2.72. The van der Waals surface area contributed by atoms with Gasteiger partial charge in [0.05, 0.1) is 0 Å². The summed E-state index contributed by atoms with van der Waals surface area (Å²) < 4.78 is 5.14. The summed E-state index contributed by atoms with van der Waals surface area (Å²) in [5.41, 5.74) is 1.09. The van der Waals surface area contributed by atoms with Crippen LogP contribution in [0.3, 0.4) is 0 Å². The number of amides is 1. The Morgan fingerprint density at radius 3 is 2.80 bits per heavy atom. The predicted octanol–water partition coefficient (Wildman–Crippen LogP) is 2.75. The third-order valence-electron chi connectivity index (χ3n) is 2.18. The SMILES string of the molecule is CCCCc1ccccc1OC(=O)NC. The van der Waals surface area contributed by atoms with Gasteiger partial charge in [0.25, 0.3) is 0 Å². The number of hydrogen-bond acceptors (Lipinski definition) is 2. The van der Waals surface area contributed by atoms with Crippen molar-refractivity contribution in [3.8, 4) is 5.75 Å². The first kappa shape index (κ1) is 11.6. The van der Waals surface area contributed by atoms with E-state index in [1.807, 2.05) is 24.3 Å². The monoisotopic (exact) mass is 207 g/mol. The van der Waals surface area contributed by atoms with Crippen molar-refractivity contribution in [3.63, 3.8) is 0 Å². The van der Waals surface area contributed by atoms with Gasteiger partial charge >= 0.3 is 6.09 Å². The Bertz CT molecular complexity index is 323. The molecule has 1 amide bonds. The van der Waals surface area contributed by atoms with E-state index in [-0.39, 0.29) is 0 Å². The average molecular weight is 207 g/mol. The molecule has 0 unspecified atom stereocenters. The maximum Gasteiger partial charge on any atom is 0.412 e. The minimum atomic E-state index is -0.418. The molecule has 0 aliphatic rings. The zero-order valence-corrected chi connectivity index (χ0v) is 9.25. The van der Waals surface area contributed by atoms with Crippen LogP contribution in [0, 0.1) is 0 Å². The van der Waals surface area contributed by atoms with E-state index in [2.05, 4.69) is 12.2 Å². The van der Waals surface area contributed by atoms with Crippen LogP contribution in [0.15, 0.2) is 24.3 Å². The molecule has 0 atom stereocenters. The molecule has 0 saturated carbocycles. The van der Waals surface area contributed by atoms with Crippen LogP contribution in [0.5, 0.6) is 5.75 Å². The van der Waals surface area contributed by atoms with E-state index < -0.39 is 6.09 Å². The second kappa shape index (κ2) is 6.06. The minimum absolute atomic E-state index is 0.418. The van der Waals surface area contributed by atoms with E-state index >= 15 is 0 Å². The summed E-state index contributed by atoms with van der Waals surface area (Å²) in [6.45, 7) is 2.14. The third kappa shape index (κ3) is 3.62. The number of para-hydroxylation sites is 1. The number of carbonyl (C=O) groups excluding carboxylic acids is 1. The average Bonchev–Trinajstić information content (AvgIpc) is 2.28. The fraction of sp³-hybridized carbons (Fsp3) is 0.417. The molecule has 0 fully saturated rings. The normalized spacial score (nSPS) is 9.73. The van der Waals surface area contributed by atoms with Crippen molar-refractivity contribution in [2.45, 2.75) is 26.2 Å². The first-order valence-corrected chi connectivity index (χ1v) is 5.25. The van der Waals surface area contributed by atoms with Crippen molar-refractivity contribution in [3.05, 3.63) is 29.8 Å². The highest BCUT2D eigenvalue weighted by Crippen LogP contribution is 2.20. The summed E-state index contributed by atoms with van der Waals surface area (Å²) in [7, 11) is 1.55. The second-order valence-corrected chi connectivity index (χ2v) is 3.35. The lowest BCUT2D eigenvalue weighted by molar-refractivity contribution is 0.202. The minimum Gasteiger partial charge on any atom is -0.410 e. The van der Waals surface area contributed by atoms with Crippen molar-refractivity contribution >= 4 is 6.09 Å². The molecule has 1 aromatic carbocycles. The molecule has 1 rings (SSSR count). The highest BCUT2D eigenvalue weighted by molar-refractivity contribution is 5.70. The standard InChI is InChI=1S/C12H17NO2/c1-3-4-7-10-8-5-6-9-11(10)15-12(14)13-2/h5-6,8-9H,3-4,7H2,1-2H3,(H,13,14). The molecule has 1 aromatic rings. The summed E-state index contributed by atoms with van der Waals surface area (Å²) in [6, 6.07) is 7.64. The third-order valence-corrected chi connectivity index (χ3v) is 2.18. The van der Waals surface area contributed by atoms with E-state index in [1.54, 1.807) is 7.05 Å². The van der Waals surface area contributed by atoms with Crippen molar-refractivity contribution in [1.29, 1.82) is 0 Å². The molecule has 1 N–H and O–H groups in total. The van der Waals surface area contributed by atoms with Gasteiger partial charge in [-0.3, -0.25) is 0 Å². The topological polar surface area (TPSA) is 38.3 Å². The lowest BCUT2D eigenvalue weighted by Crippen LogP contribution is -2.22. The number of hydrogen-bond donors (Lipinski definition) is 1. The maximum atomic E-state index is 11.1. The fourth-order valence-electron chi connectivity index (χ4n) is 1.33. The first-order valence-electron chi connectivity index (χ1n) is 5.25. The number of carbonyl (C=O) groups is 1. The molecule has 3 heteroatoms. The van der Waals surface area contributed by atoms with Gasteiger partial charge in [0, 0.05) is 7.05 Å². The molecule has 0 aromatic heterocycles. The van der Waals surface area contributed by atoms with Gasteiger partial charge in [-0.15, -0.1) is 0 Å². The molecular weight excluding hydrogens is 190 g/mol. The molecule has 0 aliphatic carbocycles. The lowest BCUT2D eigenvalue weighted by atomic mass is 10.1. The quantitative estimate of drug-likeness (QED) is 0.824. The summed E-state index contributed by atoms with van der Waals surface area (Å²) in [4.78, 5) is 11.1. The molecule has 82 valence electrons. The molecule has 0 bridgehead atoms. The molecule has 15 heavy (non-hydrogen) atoms. The van der Waals surface area contributed by atoms with Gasteiger partial charge in [-0.2, -0.15) is 0 Å².